The van der Waals surface area contributed by atoms with E-state index in [0.29, 0.717) is 19.6 Å². The zero-order valence-electron chi connectivity index (χ0n) is 13.3. The Hall–Kier alpha value is -2.41. The number of nitrogens with one attached hydrogen (secondary N) is 2. The summed E-state index contributed by atoms with van der Waals surface area (Å²) < 4.78 is 5.51. The Labute approximate surface area is 135 Å². The average molecular weight is 315 g/mol. The molecule has 1 aliphatic rings. The molecule has 1 fully saturated rings. The Morgan fingerprint density at radius 1 is 1.43 bits per heavy atom. The Bertz CT molecular complexity index is 638. The van der Waals surface area contributed by atoms with Crippen LogP contribution in [0.1, 0.15) is 30.8 Å². The van der Waals surface area contributed by atoms with Crippen LogP contribution in [0.15, 0.2) is 36.9 Å². The fraction of sp³-hybridized carbons (Fsp3) is 0.438. The predicted octanol–water partition coefficient (Wildman–Crippen LogP) is 1.82. The van der Waals surface area contributed by atoms with Crippen LogP contribution in [0.3, 0.4) is 0 Å². The van der Waals surface area contributed by atoms with E-state index in [1.54, 1.807) is 36.7 Å². The van der Waals surface area contributed by atoms with Crippen LogP contribution in [0.4, 0.5) is 4.79 Å². The molecule has 2 amide bonds. The van der Waals surface area contributed by atoms with Crippen molar-refractivity contribution < 1.29 is 9.53 Å². The number of carbonyl (C=O) groups is 1. The number of ether oxygens (including phenoxy) is 1. The summed E-state index contributed by atoms with van der Waals surface area (Å²) in [6, 6.07) is 3.61. The minimum atomic E-state index is -0.590. The quantitative estimate of drug-likeness (QED) is 0.901. The van der Waals surface area contributed by atoms with E-state index >= 15 is 0 Å². The molecule has 2 aromatic rings. The van der Waals surface area contributed by atoms with Crippen LogP contribution in [-0.2, 0) is 10.3 Å². The van der Waals surface area contributed by atoms with Crippen LogP contribution in [-0.4, -0.2) is 46.1 Å². The molecule has 2 aromatic heterocycles. The van der Waals surface area contributed by atoms with Crippen molar-refractivity contribution in [1.29, 1.82) is 0 Å². The van der Waals surface area contributed by atoms with Crippen molar-refractivity contribution in [2.24, 2.45) is 0 Å². The summed E-state index contributed by atoms with van der Waals surface area (Å²) in [5.41, 5.74) is 0.444. The molecule has 0 saturated carbocycles. The number of H-pyrrole nitrogens is 1. The van der Waals surface area contributed by atoms with Crippen molar-refractivity contribution >= 4 is 6.03 Å². The maximum Gasteiger partial charge on any atom is 0.318 e. The van der Waals surface area contributed by atoms with Crippen molar-refractivity contribution in [2.75, 3.05) is 20.3 Å². The summed E-state index contributed by atoms with van der Waals surface area (Å²) in [5, 5.41) is 3.10. The third-order valence-electron chi connectivity index (χ3n) is 4.41. The van der Waals surface area contributed by atoms with Crippen LogP contribution < -0.4 is 5.32 Å². The van der Waals surface area contributed by atoms with Gasteiger partial charge in [0.2, 0.25) is 0 Å². The van der Waals surface area contributed by atoms with E-state index in [2.05, 4.69) is 20.3 Å². The van der Waals surface area contributed by atoms with Gasteiger partial charge in [-0.05, 0) is 24.6 Å². The number of hydrogen-bond donors (Lipinski definition) is 2. The smallest absolute Gasteiger partial charge is 0.318 e. The first-order valence-corrected chi connectivity index (χ1v) is 7.65. The van der Waals surface area contributed by atoms with Gasteiger partial charge in [0.05, 0.1) is 12.6 Å². The highest BCUT2D eigenvalue weighted by Gasteiger charge is 2.41. The standard InChI is InChI=1S/C16H21N5O2/c1-12(13-3-6-17-7-4-13)21(2)15(22)20-16(5-10-23-11-16)14-18-8-9-19-14/h3-4,6-9,12H,5,10-11H2,1-2H3,(H,18,19)(H,20,22)/t12-,16?/m0/s1. The topological polar surface area (TPSA) is 83.1 Å². The SMILES string of the molecule is C[C@@H](c1ccncc1)N(C)C(=O)NC1(c2ncc[nH]2)CCOC1. The molecule has 0 spiro atoms. The summed E-state index contributed by atoms with van der Waals surface area (Å²) >= 11 is 0. The zero-order valence-corrected chi connectivity index (χ0v) is 13.3. The lowest BCUT2D eigenvalue weighted by Crippen LogP contribution is -2.52. The second-order valence-electron chi connectivity index (χ2n) is 5.82. The fourth-order valence-corrected chi connectivity index (χ4v) is 2.77. The van der Waals surface area contributed by atoms with Crippen LogP contribution >= 0.6 is 0 Å². The highest BCUT2D eigenvalue weighted by Crippen LogP contribution is 2.29. The Morgan fingerprint density at radius 3 is 2.83 bits per heavy atom. The molecule has 2 atom stereocenters. The summed E-state index contributed by atoms with van der Waals surface area (Å²) in [6.45, 7) is 3.01. The van der Waals surface area contributed by atoms with Crippen LogP contribution in [0.5, 0.6) is 0 Å². The summed E-state index contributed by atoms with van der Waals surface area (Å²) in [5.74, 6) is 0.730. The molecular weight excluding hydrogens is 294 g/mol. The molecule has 2 N–H and O–H groups in total. The van der Waals surface area contributed by atoms with Gasteiger partial charge in [-0.15, -0.1) is 0 Å². The molecule has 23 heavy (non-hydrogen) atoms. The van der Waals surface area contributed by atoms with Gasteiger partial charge in [0.15, 0.2) is 0 Å². The van der Waals surface area contributed by atoms with Gasteiger partial charge < -0.3 is 19.9 Å². The van der Waals surface area contributed by atoms with E-state index in [-0.39, 0.29) is 12.1 Å². The van der Waals surface area contributed by atoms with Gasteiger partial charge in [0.25, 0.3) is 0 Å². The lowest BCUT2D eigenvalue weighted by molar-refractivity contribution is 0.149. The predicted molar refractivity (Wildman–Crippen MR) is 84.6 cm³/mol. The Morgan fingerprint density at radius 2 is 2.22 bits per heavy atom. The Kier molecular flexibility index (Phi) is 4.29. The number of imidazole rings is 1. The lowest BCUT2D eigenvalue weighted by atomic mass is 9.98. The molecule has 3 rings (SSSR count). The maximum atomic E-state index is 12.7. The third kappa shape index (κ3) is 3.05. The molecule has 3 heterocycles. The van der Waals surface area contributed by atoms with Gasteiger partial charge in [0.1, 0.15) is 11.4 Å². The zero-order chi connectivity index (χ0) is 16.3. The monoisotopic (exact) mass is 315 g/mol. The normalized spacial score (nSPS) is 21.8. The third-order valence-corrected chi connectivity index (χ3v) is 4.41. The highest BCUT2D eigenvalue weighted by atomic mass is 16.5. The molecule has 0 aromatic carbocycles. The molecule has 7 nitrogen and oxygen atoms in total. The number of carbonyl (C=O) groups excluding carboxylic acids is 1. The highest BCUT2D eigenvalue weighted by molar-refractivity contribution is 5.75. The number of aromatic amines is 1. The molecule has 0 bridgehead atoms. The van der Waals surface area contributed by atoms with Crippen molar-refractivity contribution in [3.63, 3.8) is 0 Å². The van der Waals surface area contributed by atoms with E-state index in [1.807, 2.05) is 19.1 Å². The van der Waals surface area contributed by atoms with E-state index in [0.717, 1.165) is 11.4 Å². The molecule has 1 aliphatic heterocycles. The number of nitrogens with zero attached hydrogens (tertiary/aromatic N) is 3. The van der Waals surface area contributed by atoms with Gasteiger partial charge >= 0.3 is 6.03 Å². The lowest BCUT2D eigenvalue weighted by Gasteiger charge is -2.32. The molecule has 1 unspecified atom stereocenters. The molecule has 0 aliphatic carbocycles. The van der Waals surface area contributed by atoms with Crippen molar-refractivity contribution in [3.8, 4) is 0 Å². The second-order valence-corrected chi connectivity index (χ2v) is 5.82. The van der Waals surface area contributed by atoms with E-state index in [4.69, 9.17) is 4.74 Å². The molecule has 0 radical (unpaired) electrons. The van der Waals surface area contributed by atoms with Gasteiger partial charge in [-0.1, -0.05) is 0 Å². The number of aromatic nitrogens is 3. The van der Waals surface area contributed by atoms with Crippen LogP contribution in [0.25, 0.3) is 0 Å². The minimum Gasteiger partial charge on any atom is -0.378 e. The molecular formula is C16H21N5O2. The number of hydrogen-bond acceptors (Lipinski definition) is 4. The molecule has 122 valence electrons. The van der Waals surface area contributed by atoms with Gasteiger partial charge in [-0.3, -0.25) is 4.98 Å². The maximum absolute atomic E-state index is 12.7. The fourth-order valence-electron chi connectivity index (χ4n) is 2.77. The van der Waals surface area contributed by atoms with Crippen molar-refractivity contribution in [2.45, 2.75) is 24.9 Å². The first kappa shape index (κ1) is 15.5. The summed E-state index contributed by atoms with van der Waals surface area (Å²) in [7, 11) is 1.78. The van der Waals surface area contributed by atoms with Gasteiger partial charge in [-0.25, -0.2) is 9.78 Å². The number of amides is 2. The van der Waals surface area contributed by atoms with E-state index in [9.17, 15) is 4.79 Å². The first-order valence-electron chi connectivity index (χ1n) is 7.65. The van der Waals surface area contributed by atoms with Crippen LogP contribution in [0.2, 0.25) is 0 Å². The van der Waals surface area contributed by atoms with Crippen molar-refractivity contribution in [1.82, 2.24) is 25.2 Å². The molecule has 1 saturated heterocycles. The van der Waals surface area contributed by atoms with Gasteiger partial charge in [-0.2, -0.15) is 0 Å². The first-order chi connectivity index (χ1) is 11.1. The molecule has 7 heteroatoms. The largest absolute Gasteiger partial charge is 0.378 e. The van der Waals surface area contributed by atoms with Crippen LogP contribution in [0, 0.1) is 0 Å². The van der Waals surface area contributed by atoms with Crippen molar-refractivity contribution in [3.05, 3.63) is 48.3 Å². The van der Waals surface area contributed by atoms with Gasteiger partial charge in [0, 0.05) is 44.9 Å². The average Bonchev–Trinajstić information content (AvgIpc) is 3.26. The summed E-state index contributed by atoms with van der Waals surface area (Å²) in [6.07, 6.45) is 7.60. The Balaban J connectivity index is 1.75. The van der Waals surface area contributed by atoms with E-state index in [1.165, 1.54) is 0 Å². The number of pyridine rings is 1. The summed E-state index contributed by atoms with van der Waals surface area (Å²) in [4.78, 5) is 25.8. The number of urea groups is 1. The van der Waals surface area contributed by atoms with E-state index < -0.39 is 5.54 Å². The minimum absolute atomic E-state index is 0.0611. The second kappa shape index (κ2) is 6.37. The number of rotatable bonds is 4.